The van der Waals surface area contributed by atoms with E-state index in [0.717, 1.165) is 24.5 Å². The van der Waals surface area contributed by atoms with Crippen LogP contribution < -0.4 is 5.32 Å². The molecule has 0 saturated heterocycles. The molecule has 0 amide bonds. The summed E-state index contributed by atoms with van der Waals surface area (Å²) in [5.41, 5.74) is 2.26. The molecule has 0 spiro atoms. The lowest BCUT2D eigenvalue weighted by Gasteiger charge is -2.04. The van der Waals surface area contributed by atoms with Crippen molar-refractivity contribution in [3.63, 3.8) is 0 Å². The third kappa shape index (κ3) is 2.58. The van der Waals surface area contributed by atoms with Gasteiger partial charge in [-0.05, 0) is 31.9 Å². The van der Waals surface area contributed by atoms with Crippen LogP contribution in [0, 0.1) is 6.92 Å². The third-order valence-electron chi connectivity index (χ3n) is 3.07. The van der Waals surface area contributed by atoms with Crippen LogP contribution in [-0.4, -0.2) is 15.8 Å². The minimum Gasteiger partial charge on any atom is -0.468 e. The highest BCUT2D eigenvalue weighted by molar-refractivity contribution is 5.17. The standard InChI is InChI=1S/C13H17N3O/c1-10-4-6-16(15-10)9-11-5-7-17-13(11)8-14-12-2-3-12/h4-7,12,14H,2-3,8-9H2,1H3. The summed E-state index contributed by atoms with van der Waals surface area (Å²) in [6.07, 6.45) is 6.36. The molecule has 0 aromatic carbocycles. The predicted molar refractivity (Wildman–Crippen MR) is 64.6 cm³/mol. The number of nitrogens with one attached hydrogen (secondary N) is 1. The molecular weight excluding hydrogens is 214 g/mol. The normalized spacial score (nSPS) is 15.4. The Hall–Kier alpha value is -1.55. The number of furan rings is 1. The maximum atomic E-state index is 5.52. The minimum atomic E-state index is 0.708. The first kappa shape index (κ1) is 10.6. The maximum Gasteiger partial charge on any atom is 0.122 e. The highest BCUT2D eigenvalue weighted by Gasteiger charge is 2.21. The molecular formula is C13H17N3O. The fourth-order valence-electron chi connectivity index (χ4n) is 1.91. The summed E-state index contributed by atoms with van der Waals surface area (Å²) in [7, 11) is 0. The molecule has 1 fully saturated rings. The Morgan fingerprint density at radius 1 is 1.47 bits per heavy atom. The average molecular weight is 231 g/mol. The van der Waals surface area contributed by atoms with E-state index in [-0.39, 0.29) is 0 Å². The van der Waals surface area contributed by atoms with Crippen LogP contribution in [-0.2, 0) is 13.1 Å². The van der Waals surface area contributed by atoms with E-state index in [4.69, 9.17) is 4.42 Å². The van der Waals surface area contributed by atoms with Gasteiger partial charge in [-0.1, -0.05) is 0 Å². The van der Waals surface area contributed by atoms with Crippen molar-refractivity contribution in [2.45, 2.75) is 38.9 Å². The van der Waals surface area contributed by atoms with Gasteiger partial charge in [0.2, 0.25) is 0 Å². The Bertz CT molecular complexity index is 496. The van der Waals surface area contributed by atoms with Crippen LogP contribution in [0.5, 0.6) is 0 Å². The minimum absolute atomic E-state index is 0.708. The second-order valence-electron chi connectivity index (χ2n) is 4.68. The predicted octanol–water partition coefficient (Wildman–Crippen LogP) is 2.08. The molecule has 1 saturated carbocycles. The number of aromatic nitrogens is 2. The number of rotatable bonds is 5. The molecule has 2 heterocycles. The van der Waals surface area contributed by atoms with E-state index < -0.39 is 0 Å². The number of hydrogen-bond donors (Lipinski definition) is 1. The van der Waals surface area contributed by atoms with E-state index in [9.17, 15) is 0 Å². The molecule has 1 aliphatic carbocycles. The van der Waals surface area contributed by atoms with Crippen molar-refractivity contribution in [3.8, 4) is 0 Å². The summed E-state index contributed by atoms with van der Waals surface area (Å²) in [6.45, 7) is 3.61. The van der Waals surface area contributed by atoms with Gasteiger partial charge in [-0.3, -0.25) is 4.68 Å². The van der Waals surface area contributed by atoms with Gasteiger partial charge in [-0.15, -0.1) is 0 Å². The summed E-state index contributed by atoms with van der Waals surface area (Å²) < 4.78 is 7.46. The lowest BCUT2D eigenvalue weighted by Crippen LogP contribution is -2.16. The van der Waals surface area contributed by atoms with Crippen LogP contribution in [0.25, 0.3) is 0 Å². The molecule has 0 atom stereocenters. The van der Waals surface area contributed by atoms with Gasteiger partial charge in [-0.25, -0.2) is 0 Å². The zero-order valence-electron chi connectivity index (χ0n) is 10.0. The van der Waals surface area contributed by atoms with Gasteiger partial charge >= 0.3 is 0 Å². The molecule has 4 heteroatoms. The molecule has 4 nitrogen and oxygen atoms in total. The van der Waals surface area contributed by atoms with Crippen LogP contribution in [0.1, 0.15) is 29.9 Å². The molecule has 3 rings (SSSR count). The van der Waals surface area contributed by atoms with Gasteiger partial charge in [0, 0.05) is 17.8 Å². The Labute approximate surface area is 101 Å². The van der Waals surface area contributed by atoms with Crippen molar-refractivity contribution in [1.29, 1.82) is 0 Å². The topological polar surface area (TPSA) is 43.0 Å². The smallest absolute Gasteiger partial charge is 0.122 e. The van der Waals surface area contributed by atoms with Gasteiger partial charge < -0.3 is 9.73 Å². The largest absolute Gasteiger partial charge is 0.468 e. The maximum absolute atomic E-state index is 5.52. The van der Waals surface area contributed by atoms with Gasteiger partial charge in [0.1, 0.15) is 5.76 Å². The van der Waals surface area contributed by atoms with Crippen molar-refractivity contribution in [1.82, 2.24) is 15.1 Å². The number of aryl methyl sites for hydroxylation is 1. The summed E-state index contributed by atoms with van der Waals surface area (Å²) >= 11 is 0. The van der Waals surface area contributed by atoms with Crippen molar-refractivity contribution in [3.05, 3.63) is 41.6 Å². The van der Waals surface area contributed by atoms with E-state index in [1.165, 1.54) is 18.4 Å². The Balaban J connectivity index is 1.67. The van der Waals surface area contributed by atoms with Crippen LogP contribution in [0.2, 0.25) is 0 Å². The third-order valence-corrected chi connectivity index (χ3v) is 3.07. The van der Waals surface area contributed by atoms with Gasteiger partial charge in [0.25, 0.3) is 0 Å². The second-order valence-corrected chi connectivity index (χ2v) is 4.68. The monoisotopic (exact) mass is 231 g/mol. The molecule has 17 heavy (non-hydrogen) atoms. The highest BCUT2D eigenvalue weighted by Crippen LogP contribution is 2.20. The number of hydrogen-bond acceptors (Lipinski definition) is 3. The Morgan fingerprint density at radius 3 is 3.06 bits per heavy atom. The van der Waals surface area contributed by atoms with Crippen LogP contribution in [0.3, 0.4) is 0 Å². The molecule has 0 unspecified atom stereocenters. The average Bonchev–Trinajstić information content (AvgIpc) is 2.90. The fourth-order valence-corrected chi connectivity index (χ4v) is 1.91. The highest BCUT2D eigenvalue weighted by atomic mass is 16.3. The molecule has 0 aliphatic heterocycles. The van der Waals surface area contributed by atoms with Crippen molar-refractivity contribution < 1.29 is 4.42 Å². The summed E-state index contributed by atoms with van der Waals surface area (Å²) in [6, 6.07) is 4.75. The van der Waals surface area contributed by atoms with Crippen molar-refractivity contribution in [2.24, 2.45) is 0 Å². The van der Waals surface area contributed by atoms with E-state index >= 15 is 0 Å². The van der Waals surface area contributed by atoms with Crippen molar-refractivity contribution in [2.75, 3.05) is 0 Å². The first-order valence-electron chi connectivity index (χ1n) is 6.10. The second kappa shape index (κ2) is 4.37. The van der Waals surface area contributed by atoms with E-state index in [2.05, 4.69) is 10.4 Å². The van der Waals surface area contributed by atoms with Crippen molar-refractivity contribution >= 4 is 0 Å². The lowest BCUT2D eigenvalue weighted by atomic mass is 10.2. The van der Waals surface area contributed by atoms with Gasteiger partial charge in [-0.2, -0.15) is 5.10 Å². The Morgan fingerprint density at radius 2 is 2.35 bits per heavy atom. The van der Waals surface area contributed by atoms with Crippen LogP contribution in [0.15, 0.2) is 29.0 Å². The van der Waals surface area contributed by atoms with Crippen LogP contribution >= 0.6 is 0 Å². The summed E-state index contributed by atoms with van der Waals surface area (Å²) in [4.78, 5) is 0. The fraction of sp³-hybridized carbons (Fsp3) is 0.462. The van der Waals surface area contributed by atoms with Gasteiger partial charge in [0.05, 0.1) is 25.0 Å². The molecule has 1 aliphatic rings. The SMILES string of the molecule is Cc1ccn(Cc2ccoc2CNC2CC2)n1. The Kier molecular flexibility index (Phi) is 2.73. The molecule has 1 N–H and O–H groups in total. The zero-order valence-corrected chi connectivity index (χ0v) is 10.0. The van der Waals surface area contributed by atoms with E-state index in [1.807, 2.05) is 29.9 Å². The molecule has 2 aromatic rings. The van der Waals surface area contributed by atoms with E-state index in [1.54, 1.807) is 6.26 Å². The quantitative estimate of drug-likeness (QED) is 0.856. The zero-order chi connectivity index (χ0) is 11.7. The summed E-state index contributed by atoms with van der Waals surface area (Å²) in [5.74, 6) is 1.03. The first-order chi connectivity index (χ1) is 8.31. The summed E-state index contributed by atoms with van der Waals surface area (Å²) in [5, 5.41) is 7.86. The molecule has 2 aromatic heterocycles. The first-order valence-corrected chi connectivity index (χ1v) is 6.10. The molecule has 90 valence electrons. The van der Waals surface area contributed by atoms with E-state index in [0.29, 0.717) is 6.04 Å². The van der Waals surface area contributed by atoms with Crippen LogP contribution in [0.4, 0.5) is 0 Å². The molecule has 0 bridgehead atoms. The molecule has 0 radical (unpaired) electrons. The lowest BCUT2D eigenvalue weighted by molar-refractivity contribution is 0.474. The number of nitrogens with zero attached hydrogens (tertiary/aromatic N) is 2. The van der Waals surface area contributed by atoms with Gasteiger partial charge in [0.15, 0.2) is 0 Å².